The predicted molar refractivity (Wildman–Crippen MR) is 68.9 cm³/mol. The smallest absolute Gasteiger partial charge is 0.367 e. The van der Waals surface area contributed by atoms with Crippen LogP contribution < -0.4 is 5.32 Å². The molecule has 0 aromatic carbocycles. The summed E-state index contributed by atoms with van der Waals surface area (Å²) in [7, 11) is 0. The molecule has 19 heavy (non-hydrogen) atoms. The molecule has 0 atom stereocenters. The van der Waals surface area contributed by atoms with Crippen LogP contribution in [0.25, 0.3) is 0 Å². The van der Waals surface area contributed by atoms with Crippen molar-refractivity contribution in [2.75, 3.05) is 5.32 Å². The molecule has 0 bridgehead atoms. The Hall–Kier alpha value is -1.26. The van der Waals surface area contributed by atoms with E-state index in [4.69, 9.17) is 0 Å². The fourth-order valence-corrected chi connectivity index (χ4v) is 2.66. The van der Waals surface area contributed by atoms with Crippen LogP contribution in [-0.4, -0.2) is 11.0 Å². The third kappa shape index (κ3) is 3.61. The van der Waals surface area contributed by atoms with Gasteiger partial charge in [0.25, 0.3) is 0 Å². The molecule has 106 valence electrons. The van der Waals surface area contributed by atoms with Crippen LogP contribution in [0.15, 0.2) is 18.3 Å². The summed E-state index contributed by atoms with van der Waals surface area (Å²) >= 11 is 0. The first kappa shape index (κ1) is 14.2. The Morgan fingerprint density at radius 1 is 1.26 bits per heavy atom. The van der Waals surface area contributed by atoms with Crippen LogP contribution in [0.4, 0.5) is 19.0 Å². The quantitative estimate of drug-likeness (QED) is 0.877. The first-order chi connectivity index (χ1) is 9.00. The molecule has 5 heteroatoms. The number of hydrogen-bond acceptors (Lipinski definition) is 2. The second-order valence-electron chi connectivity index (χ2n) is 5.17. The van der Waals surface area contributed by atoms with Crippen molar-refractivity contribution >= 4 is 5.82 Å². The number of nitrogens with zero attached hydrogens (tertiary/aromatic N) is 1. The lowest BCUT2D eigenvalue weighted by molar-refractivity contribution is -0.137. The van der Waals surface area contributed by atoms with E-state index in [1.54, 1.807) is 0 Å². The molecular weight excluding hydrogens is 253 g/mol. The van der Waals surface area contributed by atoms with E-state index >= 15 is 0 Å². The maximum absolute atomic E-state index is 12.8. The zero-order valence-electron chi connectivity index (χ0n) is 11.0. The van der Waals surface area contributed by atoms with E-state index in [1.165, 1.54) is 12.3 Å². The van der Waals surface area contributed by atoms with Crippen LogP contribution in [0.5, 0.6) is 0 Å². The topological polar surface area (TPSA) is 24.9 Å². The van der Waals surface area contributed by atoms with Crippen molar-refractivity contribution in [2.45, 2.75) is 51.2 Å². The number of aromatic nitrogens is 1. The summed E-state index contributed by atoms with van der Waals surface area (Å²) in [5, 5.41) is 2.97. The van der Waals surface area contributed by atoms with Crippen LogP contribution in [-0.2, 0) is 6.18 Å². The van der Waals surface area contributed by atoms with Crippen molar-refractivity contribution in [1.82, 2.24) is 4.98 Å². The number of pyridine rings is 1. The van der Waals surface area contributed by atoms with Gasteiger partial charge in [0.15, 0.2) is 0 Å². The zero-order chi connectivity index (χ0) is 13.9. The van der Waals surface area contributed by atoms with Gasteiger partial charge >= 0.3 is 6.18 Å². The molecule has 2 rings (SSSR count). The summed E-state index contributed by atoms with van der Waals surface area (Å²) in [6, 6.07) is 2.51. The summed E-state index contributed by atoms with van der Waals surface area (Å²) < 4.78 is 38.5. The molecule has 1 heterocycles. The van der Waals surface area contributed by atoms with Crippen molar-refractivity contribution in [3.63, 3.8) is 0 Å². The Balaban J connectivity index is 2.04. The van der Waals surface area contributed by atoms with E-state index in [9.17, 15) is 13.2 Å². The number of anilines is 1. The summed E-state index contributed by atoms with van der Waals surface area (Å²) in [6.45, 7) is 2.17. The number of halogens is 3. The van der Waals surface area contributed by atoms with Gasteiger partial charge in [0.05, 0.1) is 5.56 Å². The minimum Gasteiger partial charge on any atom is -0.367 e. The van der Waals surface area contributed by atoms with Gasteiger partial charge in [0.1, 0.15) is 5.82 Å². The molecule has 0 aliphatic heterocycles. The summed E-state index contributed by atoms with van der Waals surface area (Å²) in [4.78, 5) is 3.85. The van der Waals surface area contributed by atoms with Crippen LogP contribution in [0.2, 0.25) is 0 Å². The third-order valence-corrected chi connectivity index (χ3v) is 3.88. The Bertz CT molecular complexity index is 409. The highest BCUT2D eigenvalue weighted by Gasteiger charge is 2.34. The second kappa shape index (κ2) is 5.80. The molecule has 1 aromatic rings. The average molecular weight is 272 g/mol. The predicted octanol–water partition coefficient (Wildman–Crippen LogP) is 4.48. The fourth-order valence-electron chi connectivity index (χ4n) is 2.66. The van der Waals surface area contributed by atoms with Crippen LogP contribution >= 0.6 is 0 Å². The minimum atomic E-state index is -4.35. The summed E-state index contributed by atoms with van der Waals surface area (Å²) in [6.07, 6.45) is 2.22. The van der Waals surface area contributed by atoms with E-state index < -0.39 is 11.7 Å². The van der Waals surface area contributed by atoms with Crippen molar-refractivity contribution in [1.29, 1.82) is 0 Å². The average Bonchev–Trinajstić information content (AvgIpc) is 2.39. The van der Waals surface area contributed by atoms with E-state index in [1.807, 2.05) is 0 Å². The largest absolute Gasteiger partial charge is 0.419 e. The molecule has 1 aliphatic rings. The van der Waals surface area contributed by atoms with Crippen molar-refractivity contribution in [3.8, 4) is 0 Å². The second-order valence-corrected chi connectivity index (χ2v) is 5.17. The van der Waals surface area contributed by atoms with E-state index in [-0.39, 0.29) is 11.9 Å². The lowest BCUT2D eigenvalue weighted by Crippen LogP contribution is -2.27. The molecule has 0 unspecified atom stereocenters. The van der Waals surface area contributed by atoms with E-state index in [0.717, 1.165) is 44.1 Å². The Morgan fingerprint density at radius 2 is 1.95 bits per heavy atom. The number of hydrogen-bond donors (Lipinski definition) is 1. The van der Waals surface area contributed by atoms with Gasteiger partial charge in [-0.2, -0.15) is 13.2 Å². The first-order valence-electron chi connectivity index (χ1n) is 6.79. The van der Waals surface area contributed by atoms with E-state index in [2.05, 4.69) is 17.2 Å². The normalized spacial score (nSPS) is 24.2. The maximum atomic E-state index is 12.8. The SMILES string of the molecule is CCC1CCC(Nc2ncccc2C(F)(F)F)CC1. The highest BCUT2D eigenvalue weighted by Crippen LogP contribution is 2.35. The Labute approximate surface area is 111 Å². The third-order valence-electron chi connectivity index (χ3n) is 3.88. The Morgan fingerprint density at radius 3 is 2.53 bits per heavy atom. The molecule has 1 saturated carbocycles. The van der Waals surface area contributed by atoms with Gasteiger partial charge in [0.2, 0.25) is 0 Å². The Kier molecular flexibility index (Phi) is 4.32. The lowest BCUT2D eigenvalue weighted by Gasteiger charge is -2.29. The molecule has 2 nitrogen and oxygen atoms in total. The standard InChI is InChI=1S/C14H19F3N2/c1-2-10-5-7-11(8-6-10)19-13-12(14(15,16)17)4-3-9-18-13/h3-4,9-11H,2,5-8H2,1H3,(H,18,19). The highest BCUT2D eigenvalue weighted by molar-refractivity contribution is 5.46. The molecule has 1 fully saturated rings. The van der Waals surface area contributed by atoms with Gasteiger partial charge in [-0.1, -0.05) is 13.3 Å². The molecule has 0 amide bonds. The van der Waals surface area contributed by atoms with Crippen LogP contribution in [0.1, 0.15) is 44.6 Å². The summed E-state index contributed by atoms with van der Waals surface area (Å²) in [5.41, 5.74) is -0.674. The van der Waals surface area contributed by atoms with Gasteiger partial charge in [-0.05, 0) is 43.7 Å². The molecule has 0 spiro atoms. The summed E-state index contributed by atoms with van der Waals surface area (Å²) in [5.74, 6) is 0.693. The van der Waals surface area contributed by atoms with Gasteiger partial charge in [0, 0.05) is 12.2 Å². The van der Waals surface area contributed by atoms with Gasteiger partial charge < -0.3 is 5.32 Å². The van der Waals surface area contributed by atoms with Crippen molar-refractivity contribution in [2.24, 2.45) is 5.92 Å². The number of rotatable bonds is 3. The molecular formula is C14H19F3N2. The minimum absolute atomic E-state index is 0.0325. The molecule has 0 saturated heterocycles. The maximum Gasteiger partial charge on any atom is 0.419 e. The van der Waals surface area contributed by atoms with Gasteiger partial charge in [-0.25, -0.2) is 4.98 Å². The molecule has 0 radical (unpaired) electrons. The number of alkyl halides is 3. The first-order valence-corrected chi connectivity index (χ1v) is 6.79. The fraction of sp³-hybridized carbons (Fsp3) is 0.643. The lowest BCUT2D eigenvalue weighted by atomic mass is 9.84. The highest BCUT2D eigenvalue weighted by atomic mass is 19.4. The van der Waals surface area contributed by atoms with Crippen molar-refractivity contribution in [3.05, 3.63) is 23.9 Å². The monoisotopic (exact) mass is 272 g/mol. The van der Waals surface area contributed by atoms with Crippen LogP contribution in [0.3, 0.4) is 0 Å². The zero-order valence-corrected chi connectivity index (χ0v) is 11.0. The van der Waals surface area contributed by atoms with Gasteiger partial charge in [-0.3, -0.25) is 0 Å². The van der Waals surface area contributed by atoms with Crippen molar-refractivity contribution < 1.29 is 13.2 Å². The molecule has 1 N–H and O–H groups in total. The van der Waals surface area contributed by atoms with Crippen LogP contribution in [0, 0.1) is 5.92 Å². The molecule has 1 aliphatic carbocycles. The number of nitrogens with one attached hydrogen (secondary N) is 1. The van der Waals surface area contributed by atoms with E-state index in [0.29, 0.717) is 0 Å². The molecule has 1 aromatic heterocycles. The van der Waals surface area contributed by atoms with Gasteiger partial charge in [-0.15, -0.1) is 0 Å².